The SMILES string of the molecule is Cc1ccc(Cn2c(=O)c(N3CCCC(C(=O)Nc4ccc(C(C)C)cc4)C3)nc3cccnc32)cc1. The molecule has 1 unspecified atom stereocenters. The Morgan fingerprint density at radius 3 is 2.57 bits per heavy atom. The van der Waals surface area contributed by atoms with Crippen LogP contribution in [-0.2, 0) is 11.3 Å². The maximum Gasteiger partial charge on any atom is 0.295 e. The zero-order valence-corrected chi connectivity index (χ0v) is 21.6. The monoisotopic (exact) mass is 495 g/mol. The third kappa shape index (κ3) is 5.40. The second kappa shape index (κ2) is 10.5. The first-order valence-corrected chi connectivity index (χ1v) is 13.0. The van der Waals surface area contributed by atoms with Gasteiger partial charge in [0.15, 0.2) is 11.5 Å². The highest BCUT2D eigenvalue weighted by molar-refractivity contribution is 5.93. The lowest BCUT2D eigenvalue weighted by molar-refractivity contribution is -0.120. The largest absolute Gasteiger partial charge is 0.351 e. The standard InChI is InChI=1S/C30H33N5O2/c1-20(2)23-12-14-25(15-13-23)32-29(36)24-6-5-17-34(19-24)28-30(37)35(18-22-10-8-21(3)9-11-22)27-26(33-28)7-4-16-31-27/h4,7-16,20,24H,5-6,17-19H2,1-3H3,(H,32,36). The molecule has 0 radical (unpaired) electrons. The minimum Gasteiger partial charge on any atom is -0.351 e. The van der Waals surface area contributed by atoms with Gasteiger partial charge >= 0.3 is 0 Å². The van der Waals surface area contributed by atoms with Crippen molar-refractivity contribution in [2.75, 3.05) is 23.3 Å². The summed E-state index contributed by atoms with van der Waals surface area (Å²) in [6.45, 7) is 7.89. The number of hydrogen-bond donors (Lipinski definition) is 1. The van der Waals surface area contributed by atoms with Crippen molar-refractivity contribution in [3.05, 3.63) is 93.9 Å². The summed E-state index contributed by atoms with van der Waals surface area (Å²) in [5.74, 6) is 0.571. The second-order valence-electron chi connectivity index (χ2n) is 10.2. The predicted octanol–water partition coefficient (Wildman–Crippen LogP) is 5.13. The molecule has 3 heterocycles. The number of fused-ring (bicyclic) bond motifs is 1. The van der Waals surface area contributed by atoms with Crippen LogP contribution in [0.25, 0.3) is 11.2 Å². The van der Waals surface area contributed by atoms with Crippen LogP contribution in [0.2, 0.25) is 0 Å². The highest BCUT2D eigenvalue weighted by Crippen LogP contribution is 2.24. The van der Waals surface area contributed by atoms with Gasteiger partial charge in [-0.25, -0.2) is 9.97 Å². The number of aromatic nitrogens is 3. The summed E-state index contributed by atoms with van der Waals surface area (Å²) in [5, 5.41) is 3.06. The van der Waals surface area contributed by atoms with Crippen LogP contribution in [0.1, 0.15) is 49.3 Å². The Morgan fingerprint density at radius 1 is 1.08 bits per heavy atom. The molecule has 1 N–H and O–H groups in total. The van der Waals surface area contributed by atoms with Gasteiger partial charge in [-0.1, -0.05) is 55.8 Å². The third-order valence-electron chi connectivity index (χ3n) is 7.08. The summed E-state index contributed by atoms with van der Waals surface area (Å²) in [5.41, 5.74) is 5.27. The van der Waals surface area contributed by atoms with Crippen LogP contribution in [0.4, 0.5) is 11.5 Å². The van der Waals surface area contributed by atoms with Crippen LogP contribution < -0.4 is 15.8 Å². The third-order valence-corrected chi connectivity index (χ3v) is 7.08. The number of hydrogen-bond acceptors (Lipinski definition) is 5. The molecule has 7 heteroatoms. The van der Waals surface area contributed by atoms with Gasteiger partial charge in [-0.05, 0) is 61.1 Å². The second-order valence-corrected chi connectivity index (χ2v) is 10.2. The van der Waals surface area contributed by atoms with E-state index in [1.54, 1.807) is 10.8 Å². The molecule has 0 spiro atoms. The number of amides is 1. The van der Waals surface area contributed by atoms with E-state index in [-0.39, 0.29) is 17.4 Å². The van der Waals surface area contributed by atoms with Crippen molar-refractivity contribution in [2.45, 2.75) is 46.1 Å². The van der Waals surface area contributed by atoms with E-state index >= 15 is 0 Å². The average molecular weight is 496 g/mol. The van der Waals surface area contributed by atoms with Crippen LogP contribution in [0.15, 0.2) is 71.7 Å². The molecule has 1 aliphatic heterocycles. The highest BCUT2D eigenvalue weighted by Gasteiger charge is 2.29. The number of piperidine rings is 1. The van der Waals surface area contributed by atoms with Gasteiger partial charge in [0.2, 0.25) is 5.91 Å². The summed E-state index contributed by atoms with van der Waals surface area (Å²) in [4.78, 5) is 38.0. The van der Waals surface area contributed by atoms with Gasteiger partial charge in [-0.15, -0.1) is 0 Å². The molecule has 1 amide bonds. The average Bonchev–Trinajstić information content (AvgIpc) is 2.91. The van der Waals surface area contributed by atoms with Gasteiger partial charge in [0.1, 0.15) is 5.52 Å². The zero-order valence-electron chi connectivity index (χ0n) is 21.6. The van der Waals surface area contributed by atoms with Gasteiger partial charge in [0.05, 0.1) is 12.5 Å². The zero-order chi connectivity index (χ0) is 25.9. The van der Waals surface area contributed by atoms with Crippen LogP contribution in [-0.4, -0.2) is 33.5 Å². The summed E-state index contributed by atoms with van der Waals surface area (Å²) in [6.07, 6.45) is 3.28. The number of benzene rings is 2. The minimum atomic E-state index is -0.227. The Kier molecular flexibility index (Phi) is 7.04. The number of anilines is 2. The number of nitrogens with zero attached hydrogens (tertiary/aromatic N) is 4. The molecule has 1 fully saturated rings. The maximum absolute atomic E-state index is 13.7. The first-order valence-electron chi connectivity index (χ1n) is 13.0. The Bertz CT molecular complexity index is 1460. The number of carbonyl (C=O) groups is 1. The fourth-order valence-corrected chi connectivity index (χ4v) is 4.87. The number of carbonyl (C=O) groups excluding carboxylic acids is 1. The summed E-state index contributed by atoms with van der Waals surface area (Å²) in [6, 6.07) is 19.9. The Morgan fingerprint density at radius 2 is 1.84 bits per heavy atom. The van der Waals surface area contributed by atoms with Crippen molar-refractivity contribution in [2.24, 2.45) is 5.92 Å². The molecule has 0 aliphatic carbocycles. The van der Waals surface area contributed by atoms with Crippen molar-refractivity contribution in [1.29, 1.82) is 0 Å². The first kappa shape index (κ1) is 24.7. The van der Waals surface area contributed by atoms with Gasteiger partial charge in [0.25, 0.3) is 5.56 Å². The lowest BCUT2D eigenvalue weighted by Gasteiger charge is -2.32. The molecule has 0 bridgehead atoms. The topological polar surface area (TPSA) is 80.1 Å². The molecule has 2 aromatic carbocycles. The van der Waals surface area contributed by atoms with Crippen LogP contribution in [0.5, 0.6) is 0 Å². The van der Waals surface area contributed by atoms with Gasteiger partial charge in [0, 0.05) is 25.0 Å². The van der Waals surface area contributed by atoms with E-state index in [0.29, 0.717) is 42.5 Å². The number of pyridine rings is 1. The van der Waals surface area contributed by atoms with E-state index in [4.69, 9.17) is 4.98 Å². The lowest BCUT2D eigenvalue weighted by Crippen LogP contribution is -2.44. The molecule has 1 saturated heterocycles. The van der Waals surface area contributed by atoms with Crippen molar-refractivity contribution >= 4 is 28.6 Å². The minimum absolute atomic E-state index is 0.0237. The van der Waals surface area contributed by atoms with Crippen LogP contribution in [0.3, 0.4) is 0 Å². The molecule has 1 atom stereocenters. The first-order chi connectivity index (χ1) is 17.9. The molecular weight excluding hydrogens is 462 g/mol. The number of nitrogens with one attached hydrogen (secondary N) is 1. The quantitative estimate of drug-likeness (QED) is 0.401. The molecule has 37 heavy (non-hydrogen) atoms. The van der Waals surface area contributed by atoms with Gasteiger partial charge < -0.3 is 10.2 Å². The van der Waals surface area contributed by atoms with E-state index in [0.717, 1.165) is 24.1 Å². The van der Waals surface area contributed by atoms with E-state index in [9.17, 15) is 9.59 Å². The van der Waals surface area contributed by atoms with Crippen molar-refractivity contribution in [3.8, 4) is 0 Å². The van der Waals surface area contributed by atoms with E-state index in [2.05, 4.69) is 36.3 Å². The highest BCUT2D eigenvalue weighted by atomic mass is 16.2. The molecular formula is C30H33N5O2. The van der Waals surface area contributed by atoms with Crippen molar-refractivity contribution in [1.82, 2.24) is 14.5 Å². The molecule has 1 aliphatic rings. The molecule has 190 valence electrons. The van der Waals surface area contributed by atoms with E-state index in [1.807, 2.05) is 60.4 Å². The smallest absolute Gasteiger partial charge is 0.295 e. The van der Waals surface area contributed by atoms with Crippen molar-refractivity contribution in [3.63, 3.8) is 0 Å². The predicted molar refractivity (Wildman–Crippen MR) is 148 cm³/mol. The lowest BCUT2D eigenvalue weighted by atomic mass is 9.97. The summed E-state index contributed by atoms with van der Waals surface area (Å²) >= 11 is 0. The van der Waals surface area contributed by atoms with E-state index < -0.39 is 0 Å². The van der Waals surface area contributed by atoms with Crippen LogP contribution >= 0.6 is 0 Å². The Balaban J connectivity index is 1.40. The van der Waals surface area contributed by atoms with Crippen molar-refractivity contribution < 1.29 is 4.79 Å². The van der Waals surface area contributed by atoms with Gasteiger partial charge in [-0.2, -0.15) is 0 Å². The molecule has 5 rings (SSSR count). The maximum atomic E-state index is 13.7. The summed E-state index contributed by atoms with van der Waals surface area (Å²) < 4.78 is 1.70. The van der Waals surface area contributed by atoms with Crippen LogP contribution in [0, 0.1) is 12.8 Å². The normalized spacial score (nSPS) is 15.8. The number of rotatable bonds is 6. The molecule has 4 aromatic rings. The number of aryl methyl sites for hydroxylation is 1. The molecule has 0 saturated carbocycles. The Labute approximate surface area is 217 Å². The fourth-order valence-electron chi connectivity index (χ4n) is 4.87. The summed E-state index contributed by atoms with van der Waals surface area (Å²) in [7, 11) is 0. The van der Waals surface area contributed by atoms with Gasteiger partial charge in [-0.3, -0.25) is 14.2 Å². The molecule has 2 aromatic heterocycles. The van der Waals surface area contributed by atoms with E-state index in [1.165, 1.54) is 11.1 Å². The molecule has 7 nitrogen and oxygen atoms in total. The Hall–Kier alpha value is -4.00. The fraction of sp³-hybridized carbons (Fsp3) is 0.333.